The highest BCUT2D eigenvalue weighted by Gasteiger charge is 2.17. The average molecular weight is 340 g/mol. The van der Waals surface area contributed by atoms with Crippen molar-refractivity contribution in [3.05, 3.63) is 46.4 Å². The van der Waals surface area contributed by atoms with Crippen molar-refractivity contribution in [3.8, 4) is 11.5 Å². The number of nitrogens with zero attached hydrogens (tertiary/aromatic N) is 4. The summed E-state index contributed by atoms with van der Waals surface area (Å²) in [6.07, 6.45) is 1.32. The van der Waals surface area contributed by atoms with Crippen LogP contribution in [0.3, 0.4) is 0 Å². The van der Waals surface area contributed by atoms with Crippen LogP contribution in [-0.4, -0.2) is 20.2 Å². The molecule has 2 aromatic heterocycles. The van der Waals surface area contributed by atoms with E-state index in [2.05, 4.69) is 25.5 Å². The number of aryl methyl sites for hydroxylation is 1. The van der Waals surface area contributed by atoms with Crippen molar-refractivity contribution in [1.29, 1.82) is 0 Å². The van der Waals surface area contributed by atoms with E-state index in [4.69, 9.17) is 27.6 Å². The molecule has 0 aliphatic carbocycles. The summed E-state index contributed by atoms with van der Waals surface area (Å²) >= 11 is 11.7. The Labute approximate surface area is 134 Å². The summed E-state index contributed by atoms with van der Waals surface area (Å²) in [4.78, 5) is 7.66. The molecule has 0 amide bonds. The first-order valence-electron chi connectivity index (χ1n) is 6.08. The highest BCUT2D eigenvalue weighted by atomic mass is 35.5. The van der Waals surface area contributed by atoms with Crippen LogP contribution in [0, 0.1) is 12.7 Å². The average Bonchev–Trinajstić information content (AvgIpc) is 2.91. The van der Waals surface area contributed by atoms with Crippen LogP contribution in [0.15, 0.2) is 28.8 Å². The predicted molar refractivity (Wildman–Crippen MR) is 79.8 cm³/mol. The predicted octanol–water partition coefficient (Wildman–Crippen LogP) is 4.02. The number of nitrogens with one attached hydrogen (secondary N) is 1. The first-order valence-corrected chi connectivity index (χ1v) is 6.84. The Morgan fingerprint density at radius 1 is 1.23 bits per heavy atom. The molecular weight excluding hydrogens is 332 g/mol. The van der Waals surface area contributed by atoms with Crippen LogP contribution in [0.25, 0.3) is 11.5 Å². The first kappa shape index (κ1) is 14.7. The van der Waals surface area contributed by atoms with Gasteiger partial charge in [-0.2, -0.15) is 4.98 Å². The third kappa shape index (κ3) is 2.86. The van der Waals surface area contributed by atoms with E-state index in [1.54, 1.807) is 13.0 Å². The monoisotopic (exact) mass is 339 g/mol. The minimum atomic E-state index is -0.529. The molecule has 0 spiro atoms. The second kappa shape index (κ2) is 5.86. The second-order valence-electron chi connectivity index (χ2n) is 4.25. The molecule has 2 heterocycles. The first-order chi connectivity index (χ1) is 10.5. The highest BCUT2D eigenvalue weighted by molar-refractivity contribution is 6.33. The topological polar surface area (TPSA) is 76.7 Å². The van der Waals surface area contributed by atoms with Gasteiger partial charge in [-0.15, -0.1) is 10.2 Å². The zero-order valence-electron chi connectivity index (χ0n) is 11.1. The number of para-hydroxylation sites is 1. The summed E-state index contributed by atoms with van der Waals surface area (Å²) in [6, 6.07) is 4.45. The molecule has 1 N–H and O–H groups in total. The fraction of sp³-hybridized carbons (Fsp3) is 0.0769. The summed E-state index contributed by atoms with van der Waals surface area (Å²) in [5.41, 5.74) is 0.481. The molecule has 6 nitrogen and oxygen atoms in total. The van der Waals surface area contributed by atoms with E-state index >= 15 is 0 Å². The van der Waals surface area contributed by atoms with E-state index < -0.39 is 5.82 Å². The van der Waals surface area contributed by atoms with Gasteiger partial charge in [0.15, 0.2) is 5.82 Å². The molecule has 0 radical (unpaired) electrons. The molecule has 1 aromatic carbocycles. The maximum Gasteiger partial charge on any atom is 0.249 e. The van der Waals surface area contributed by atoms with Gasteiger partial charge in [0, 0.05) is 6.92 Å². The molecule has 0 bridgehead atoms. The lowest BCUT2D eigenvalue weighted by molar-refractivity contribution is 0.532. The molecule has 0 aliphatic rings. The highest BCUT2D eigenvalue weighted by Crippen LogP contribution is 2.33. The minimum absolute atomic E-state index is 0.0153. The van der Waals surface area contributed by atoms with Crippen LogP contribution in [0.5, 0.6) is 0 Å². The number of hydrogen-bond acceptors (Lipinski definition) is 6. The van der Waals surface area contributed by atoms with Gasteiger partial charge in [-0.1, -0.05) is 17.7 Å². The molecule has 3 rings (SSSR count). The van der Waals surface area contributed by atoms with Crippen molar-refractivity contribution in [2.75, 3.05) is 5.32 Å². The van der Waals surface area contributed by atoms with Crippen molar-refractivity contribution in [3.63, 3.8) is 0 Å². The molecule has 0 fully saturated rings. The quantitative estimate of drug-likeness (QED) is 0.726. The molecule has 3 aromatic rings. The molecule has 0 saturated carbocycles. The molecule has 112 valence electrons. The van der Waals surface area contributed by atoms with Crippen molar-refractivity contribution in [1.82, 2.24) is 20.2 Å². The molecule has 0 aliphatic heterocycles. The van der Waals surface area contributed by atoms with Crippen molar-refractivity contribution in [2.24, 2.45) is 0 Å². The van der Waals surface area contributed by atoms with E-state index in [1.165, 1.54) is 18.3 Å². The van der Waals surface area contributed by atoms with Gasteiger partial charge in [0.2, 0.25) is 17.1 Å². The number of hydrogen-bond donors (Lipinski definition) is 1. The zero-order valence-corrected chi connectivity index (χ0v) is 12.7. The van der Waals surface area contributed by atoms with Crippen LogP contribution < -0.4 is 5.32 Å². The van der Waals surface area contributed by atoms with E-state index in [0.29, 0.717) is 11.5 Å². The number of anilines is 2. The van der Waals surface area contributed by atoms with Crippen LogP contribution in [-0.2, 0) is 0 Å². The smallest absolute Gasteiger partial charge is 0.249 e. The summed E-state index contributed by atoms with van der Waals surface area (Å²) < 4.78 is 19.5. The fourth-order valence-electron chi connectivity index (χ4n) is 1.79. The number of rotatable bonds is 3. The maximum absolute atomic E-state index is 14.2. The Morgan fingerprint density at radius 3 is 2.77 bits per heavy atom. The van der Waals surface area contributed by atoms with Crippen LogP contribution in [0.1, 0.15) is 5.89 Å². The Balaban J connectivity index is 2.08. The summed E-state index contributed by atoms with van der Waals surface area (Å²) in [7, 11) is 0. The lowest BCUT2D eigenvalue weighted by Crippen LogP contribution is -2.00. The van der Waals surface area contributed by atoms with Gasteiger partial charge in [0.05, 0.1) is 17.4 Å². The van der Waals surface area contributed by atoms with Gasteiger partial charge in [-0.05, 0) is 23.7 Å². The van der Waals surface area contributed by atoms with E-state index in [1.807, 2.05) is 0 Å². The standard InChI is InChI=1S/C13H8Cl2FN5O/c1-6-20-21-12(22-6)7-3-2-4-9(16)10(7)18-11-8(14)5-17-13(15)19-11/h2-5H,1H3,(H,17,18,19). The Hall–Kier alpha value is -2.25. The van der Waals surface area contributed by atoms with Gasteiger partial charge in [0.1, 0.15) is 10.8 Å². The number of halogens is 3. The third-order valence-electron chi connectivity index (χ3n) is 2.73. The summed E-state index contributed by atoms with van der Waals surface area (Å²) in [5.74, 6) is 0.188. The molecule has 9 heteroatoms. The van der Waals surface area contributed by atoms with Gasteiger partial charge in [-0.25, -0.2) is 9.37 Å². The van der Waals surface area contributed by atoms with Crippen molar-refractivity contribution < 1.29 is 8.81 Å². The number of benzene rings is 1. The normalized spacial score (nSPS) is 10.7. The summed E-state index contributed by atoms with van der Waals surface area (Å²) in [5, 5.41) is 10.6. The lowest BCUT2D eigenvalue weighted by atomic mass is 10.1. The maximum atomic E-state index is 14.2. The Kier molecular flexibility index (Phi) is 3.91. The second-order valence-corrected chi connectivity index (χ2v) is 4.99. The lowest BCUT2D eigenvalue weighted by Gasteiger charge is -2.11. The molecule has 0 atom stereocenters. The van der Waals surface area contributed by atoms with Crippen LogP contribution in [0.2, 0.25) is 10.3 Å². The van der Waals surface area contributed by atoms with E-state index in [-0.39, 0.29) is 27.7 Å². The fourth-order valence-corrected chi connectivity index (χ4v) is 2.06. The van der Waals surface area contributed by atoms with Crippen LogP contribution >= 0.6 is 23.2 Å². The summed E-state index contributed by atoms with van der Waals surface area (Å²) in [6.45, 7) is 1.64. The van der Waals surface area contributed by atoms with Crippen LogP contribution in [0.4, 0.5) is 15.9 Å². The Bertz CT molecular complexity index is 839. The molecule has 0 unspecified atom stereocenters. The minimum Gasteiger partial charge on any atom is -0.421 e. The van der Waals surface area contributed by atoms with E-state index in [0.717, 1.165) is 0 Å². The van der Waals surface area contributed by atoms with Crippen molar-refractivity contribution >= 4 is 34.7 Å². The SMILES string of the molecule is Cc1nnc(-c2cccc(F)c2Nc2nc(Cl)ncc2Cl)o1. The van der Waals surface area contributed by atoms with E-state index in [9.17, 15) is 4.39 Å². The largest absolute Gasteiger partial charge is 0.421 e. The zero-order chi connectivity index (χ0) is 15.7. The molecule has 0 saturated heterocycles. The number of aromatic nitrogens is 4. The van der Waals surface area contributed by atoms with Gasteiger partial charge in [-0.3, -0.25) is 0 Å². The van der Waals surface area contributed by atoms with Gasteiger partial charge >= 0.3 is 0 Å². The van der Waals surface area contributed by atoms with Crippen molar-refractivity contribution in [2.45, 2.75) is 6.92 Å². The molecule has 22 heavy (non-hydrogen) atoms. The van der Waals surface area contributed by atoms with Gasteiger partial charge in [0.25, 0.3) is 0 Å². The Morgan fingerprint density at radius 2 is 2.05 bits per heavy atom. The van der Waals surface area contributed by atoms with Gasteiger partial charge < -0.3 is 9.73 Å². The third-order valence-corrected chi connectivity index (χ3v) is 3.19. The molecular formula is C13H8Cl2FN5O.